The predicted molar refractivity (Wildman–Crippen MR) is 106 cm³/mol. The number of nitrogens with zero attached hydrogens (tertiary/aromatic N) is 4. The quantitative estimate of drug-likeness (QED) is 0.754. The van der Waals surface area contributed by atoms with E-state index in [4.69, 9.17) is 9.90 Å². The number of aromatic nitrogens is 2. The molecule has 2 amide bonds. The Labute approximate surface area is 181 Å². The third-order valence-electron chi connectivity index (χ3n) is 5.32. The average Bonchev–Trinajstić information content (AvgIpc) is 3.18. The Balaban J connectivity index is 0.000000360. The molecule has 0 bridgehead atoms. The molecule has 170 valence electrons. The van der Waals surface area contributed by atoms with Gasteiger partial charge in [-0.05, 0) is 37.6 Å². The minimum Gasteiger partial charge on any atom is -0.475 e. The van der Waals surface area contributed by atoms with Gasteiger partial charge in [-0.1, -0.05) is 6.07 Å². The van der Waals surface area contributed by atoms with Gasteiger partial charge in [-0.15, -0.1) is 0 Å². The number of aryl methyl sites for hydroxylation is 1. The number of carbonyl (C=O) groups is 3. The number of aliphatic carboxylic acids is 1. The molecule has 2 fully saturated rings. The molecule has 0 aromatic carbocycles. The molecule has 4 rings (SSSR count). The summed E-state index contributed by atoms with van der Waals surface area (Å²) in [6.07, 6.45) is -0.881. The summed E-state index contributed by atoms with van der Waals surface area (Å²) in [5, 5.41) is 7.12. The van der Waals surface area contributed by atoms with Gasteiger partial charge in [-0.3, -0.25) is 14.6 Å². The van der Waals surface area contributed by atoms with Crippen LogP contribution in [0.2, 0.25) is 0 Å². The van der Waals surface area contributed by atoms with Gasteiger partial charge in [0.15, 0.2) is 0 Å². The number of alkyl halides is 3. The fourth-order valence-electron chi connectivity index (χ4n) is 3.77. The smallest absolute Gasteiger partial charge is 0.475 e. The molecule has 32 heavy (non-hydrogen) atoms. The van der Waals surface area contributed by atoms with E-state index in [1.807, 2.05) is 28.9 Å². The number of hydrogen-bond acceptors (Lipinski definition) is 5. The Bertz CT molecular complexity index is 1010. The van der Waals surface area contributed by atoms with Crippen LogP contribution in [0.15, 0.2) is 42.7 Å². The summed E-state index contributed by atoms with van der Waals surface area (Å²) in [5.41, 5.74) is 2.00. The van der Waals surface area contributed by atoms with Crippen molar-refractivity contribution in [2.24, 2.45) is 5.41 Å². The summed E-state index contributed by atoms with van der Waals surface area (Å²) in [5.74, 6) is -2.76. The third kappa shape index (κ3) is 5.21. The third-order valence-corrected chi connectivity index (χ3v) is 5.32. The number of carbonyl (C=O) groups excluding carboxylic acids is 2. The lowest BCUT2D eigenvalue weighted by Crippen LogP contribution is -2.59. The highest BCUT2D eigenvalue weighted by Gasteiger charge is 2.50. The van der Waals surface area contributed by atoms with Crippen LogP contribution in [0.4, 0.5) is 13.2 Å². The number of carboxylic acid groups (broad SMARTS) is 1. The Morgan fingerprint density at radius 2 is 1.69 bits per heavy atom. The maximum Gasteiger partial charge on any atom is 0.490 e. The van der Waals surface area contributed by atoms with E-state index in [0.29, 0.717) is 30.9 Å². The topological polar surface area (TPSA) is 104 Å². The Hall–Kier alpha value is -3.50. The highest BCUT2D eigenvalue weighted by atomic mass is 19.4. The lowest BCUT2D eigenvalue weighted by Gasteiger charge is -2.47. The molecule has 11 heteroatoms. The molecular weight excluding hydrogens is 429 g/mol. The number of pyridine rings is 2. The second-order valence-corrected chi connectivity index (χ2v) is 7.85. The predicted octanol–water partition coefficient (Wildman–Crippen LogP) is 2.41. The van der Waals surface area contributed by atoms with Crippen molar-refractivity contribution < 1.29 is 32.7 Å². The van der Waals surface area contributed by atoms with Crippen molar-refractivity contribution in [1.29, 1.82) is 0 Å². The van der Waals surface area contributed by atoms with Gasteiger partial charge < -0.3 is 14.9 Å². The molecular formula is C21H21F3N4O4. The number of rotatable bonds is 2. The van der Waals surface area contributed by atoms with E-state index in [9.17, 15) is 22.8 Å². The first-order chi connectivity index (χ1) is 15.0. The molecule has 1 spiro atoms. The fraction of sp³-hybridized carbons (Fsp3) is 0.381. The Morgan fingerprint density at radius 3 is 2.25 bits per heavy atom. The minimum absolute atomic E-state index is 0.0219. The van der Waals surface area contributed by atoms with Crippen LogP contribution in [0.25, 0.3) is 0 Å². The lowest BCUT2D eigenvalue weighted by molar-refractivity contribution is -0.192. The lowest BCUT2D eigenvalue weighted by atomic mass is 9.79. The van der Waals surface area contributed by atoms with E-state index in [1.54, 1.807) is 30.6 Å². The number of halogens is 3. The van der Waals surface area contributed by atoms with E-state index in [-0.39, 0.29) is 17.2 Å². The van der Waals surface area contributed by atoms with Crippen molar-refractivity contribution in [3.63, 3.8) is 0 Å². The summed E-state index contributed by atoms with van der Waals surface area (Å²) in [6.45, 7) is 4.70. The maximum absolute atomic E-state index is 12.5. The molecule has 2 aromatic rings. The van der Waals surface area contributed by atoms with E-state index in [0.717, 1.165) is 18.7 Å². The van der Waals surface area contributed by atoms with Gasteiger partial charge in [0.05, 0.1) is 5.56 Å². The SMILES string of the molecule is Cc1cccc(C(=O)N2CC3(CCN(C(=O)c4cccnc4)C3)C2)n1.O=C(O)C(F)(F)F. The van der Waals surface area contributed by atoms with Crippen LogP contribution in [-0.4, -0.2) is 75.0 Å². The molecule has 2 aliphatic heterocycles. The maximum atomic E-state index is 12.5. The van der Waals surface area contributed by atoms with E-state index < -0.39 is 12.1 Å². The van der Waals surface area contributed by atoms with Crippen LogP contribution in [0, 0.1) is 12.3 Å². The van der Waals surface area contributed by atoms with Gasteiger partial charge in [-0.2, -0.15) is 13.2 Å². The van der Waals surface area contributed by atoms with Crippen LogP contribution in [0.1, 0.15) is 33.0 Å². The zero-order valence-corrected chi connectivity index (χ0v) is 17.2. The fourth-order valence-corrected chi connectivity index (χ4v) is 3.77. The molecule has 2 saturated heterocycles. The van der Waals surface area contributed by atoms with E-state index in [2.05, 4.69) is 9.97 Å². The summed E-state index contributed by atoms with van der Waals surface area (Å²) < 4.78 is 31.7. The number of hydrogen-bond donors (Lipinski definition) is 1. The first-order valence-corrected chi connectivity index (χ1v) is 9.73. The highest BCUT2D eigenvalue weighted by Crippen LogP contribution is 2.40. The summed E-state index contributed by atoms with van der Waals surface area (Å²) in [6, 6.07) is 9.06. The normalized spacial score (nSPS) is 16.8. The first kappa shape index (κ1) is 23.2. The van der Waals surface area contributed by atoms with Crippen LogP contribution < -0.4 is 0 Å². The second-order valence-electron chi connectivity index (χ2n) is 7.85. The number of carboxylic acids is 1. The largest absolute Gasteiger partial charge is 0.490 e. The van der Waals surface area contributed by atoms with Crippen molar-refractivity contribution in [3.05, 3.63) is 59.7 Å². The van der Waals surface area contributed by atoms with Crippen LogP contribution in [0.3, 0.4) is 0 Å². The molecule has 2 aromatic heterocycles. The van der Waals surface area contributed by atoms with Crippen molar-refractivity contribution in [2.45, 2.75) is 19.5 Å². The molecule has 8 nitrogen and oxygen atoms in total. The van der Waals surface area contributed by atoms with Gasteiger partial charge in [0.2, 0.25) is 0 Å². The molecule has 0 aliphatic carbocycles. The summed E-state index contributed by atoms with van der Waals surface area (Å²) in [7, 11) is 0. The van der Waals surface area contributed by atoms with Crippen molar-refractivity contribution in [2.75, 3.05) is 26.2 Å². The first-order valence-electron chi connectivity index (χ1n) is 9.73. The Morgan fingerprint density at radius 1 is 1.03 bits per heavy atom. The van der Waals surface area contributed by atoms with E-state index >= 15 is 0 Å². The summed E-state index contributed by atoms with van der Waals surface area (Å²) >= 11 is 0. The van der Waals surface area contributed by atoms with Crippen molar-refractivity contribution >= 4 is 17.8 Å². The standard InChI is InChI=1S/C19H20N4O2.C2HF3O2/c1-14-4-2-6-16(21-14)18(25)23-12-19(13-23)7-9-22(11-19)17(24)15-5-3-8-20-10-15;3-2(4,5)1(6)7/h2-6,8,10H,7,9,11-13H2,1H3;(H,6,7). The Kier molecular flexibility index (Phi) is 6.47. The van der Waals surface area contributed by atoms with Gasteiger partial charge >= 0.3 is 12.1 Å². The van der Waals surface area contributed by atoms with E-state index in [1.165, 1.54) is 0 Å². The summed E-state index contributed by atoms with van der Waals surface area (Å²) in [4.78, 5) is 46.0. The van der Waals surface area contributed by atoms with Crippen LogP contribution in [0.5, 0.6) is 0 Å². The molecule has 0 saturated carbocycles. The molecule has 4 heterocycles. The zero-order valence-electron chi connectivity index (χ0n) is 17.2. The number of likely N-dealkylation sites (tertiary alicyclic amines) is 2. The van der Waals surface area contributed by atoms with Crippen LogP contribution in [-0.2, 0) is 4.79 Å². The van der Waals surface area contributed by atoms with Crippen LogP contribution >= 0.6 is 0 Å². The zero-order chi connectivity index (χ0) is 23.5. The van der Waals surface area contributed by atoms with Gasteiger partial charge in [-0.25, -0.2) is 9.78 Å². The monoisotopic (exact) mass is 450 g/mol. The van der Waals surface area contributed by atoms with Crippen molar-refractivity contribution in [1.82, 2.24) is 19.8 Å². The van der Waals surface area contributed by atoms with Gasteiger partial charge in [0, 0.05) is 49.7 Å². The average molecular weight is 450 g/mol. The minimum atomic E-state index is -5.08. The van der Waals surface area contributed by atoms with Gasteiger partial charge in [0.1, 0.15) is 5.69 Å². The second kappa shape index (κ2) is 8.93. The van der Waals surface area contributed by atoms with Gasteiger partial charge in [0.25, 0.3) is 11.8 Å². The molecule has 2 aliphatic rings. The number of amides is 2. The molecule has 0 atom stereocenters. The molecule has 1 N–H and O–H groups in total. The highest BCUT2D eigenvalue weighted by molar-refractivity contribution is 5.94. The van der Waals surface area contributed by atoms with Crippen molar-refractivity contribution in [3.8, 4) is 0 Å². The molecule has 0 radical (unpaired) electrons. The molecule has 0 unspecified atom stereocenters.